The molecule has 0 unspecified atom stereocenters. The summed E-state index contributed by atoms with van der Waals surface area (Å²) in [7, 11) is 0. The van der Waals surface area contributed by atoms with Gasteiger partial charge in [0, 0.05) is 12.1 Å². The Morgan fingerprint density at radius 2 is 2.00 bits per heavy atom. The maximum atomic E-state index is 11.6. The first-order valence-electron chi connectivity index (χ1n) is 3.62. The fraction of sp³-hybridized carbons (Fsp3) is 0.125. The summed E-state index contributed by atoms with van der Waals surface area (Å²) in [4.78, 5) is 20.5. The first-order chi connectivity index (χ1) is 6.65. The van der Waals surface area contributed by atoms with Gasteiger partial charge in [-0.2, -0.15) is 0 Å². The van der Waals surface area contributed by atoms with Crippen molar-refractivity contribution in [1.82, 2.24) is 0 Å². The maximum Gasteiger partial charge on any atom is 0.340 e. The van der Waals surface area contributed by atoms with E-state index in [1.807, 2.05) is 0 Å². The lowest BCUT2D eigenvalue weighted by molar-refractivity contribution is -0.384. The number of hydrogen-bond donors (Lipinski definition) is 0. The third-order valence-electron chi connectivity index (χ3n) is 1.50. The minimum atomic E-state index is -1.21. The number of carbonyl (C=O) groups is 1. The number of non-ortho nitro benzene ring substituents is 1. The Bertz CT molecular complexity index is 349. The average molecular weight is 199 g/mol. The lowest BCUT2D eigenvalue weighted by Gasteiger charge is -1.98. The molecule has 1 aromatic carbocycles. The van der Waals surface area contributed by atoms with E-state index in [0.717, 1.165) is 12.1 Å². The van der Waals surface area contributed by atoms with Crippen LogP contribution >= 0.6 is 0 Å². The highest BCUT2D eigenvalue weighted by atomic mass is 19.1. The molecule has 0 saturated carbocycles. The number of hydrogen-bond acceptors (Lipinski definition) is 4. The predicted octanol–water partition coefficient (Wildman–Crippen LogP) is 1.68. The molecular weight excluding hydrogens is 193 g/mol. The molecule has 0 atom stereocenters. The molecule has 0 radical (unpaired) electrons. The van der Waals surface area contributed by atoms with Gasteiger partial charge in [0.15, 0.2) is 0 Å². The average Bonchev–Trinajstić information content (AvgIpc) is 2.18. The zero-order valence-corrected chi connectivity index (χ0v) is 6.97. The van der Waals surface area contributed by atoms with Gasteiger partial charge in [-0.25, -0.2) is 9.18 Å². The van der Waals surface area contributed by atoms with Crippen LogP contribution in [-0.4, -0.2) is 17.8 Å². The molecule has 0 amide bonds. The topological polar surface area (TPSA) is 69.4 Å². The van der Waals surface area contributed by atoms with Crippen molar-refractivity contribution in [3.8, 4) is 0 Å². The van der Waals surface area contributed by atoms with Crippen LogP contribution in [0.25, 0.3) is 0 Å². The van der Waals surface area contributed by atoms with Gasteiger partial charge in [0.05, 0.1) is 10.5 Å². The second-order valence-electron chi connectivity index (χ2n) is 2.34. The standard InChI is InChI=1S/C8H6FNO4/c9-5-14-8(11)6-1-3-7(4-2-6)10(12)13/h1-4H,5H2. The van der Waals surface area contributed by atoms with E-state index in [1.165, 1.54) is 12.1 Å². The third-order valence-corrected chi connectivity index (χ3v) is 1.50. The highest BCUT2D eigenvalue weighted by Crippen LogP contribution is 2.12. The summed E-state index contributed by atoms with van der Waals surface area (Å²) in [6, 6.07) is 4.70. The van der Waals surface area contributed by atoms with Crippen LogP contribution in [0.15, 0.2) is 24.3 Å². The number of nitrogens with zero attached hydrogens (tertiary/aromatic N) is 1. The van der Waals surface area contributed by atoms with Crippen LogP contribution in [0.5, 0.6) is 0 Å². The second-order valence-corrected chi connectivity index (χ2v) is 2.34. The smallest absolute Gasteiger partial charge is 0.340 e. The summed E-state index contributed by atoms with van der Waals surface area (Å²) < 4.78 is 15.6. The molecule has 0 bridgehead atoms. The van der Waals surface area contributed by atoms with E-state index >= 15 is 0 Å². The van der Waals surface area contributed by atoms with Crippen molar-refractivity contribution in [3.63, 3.8) is 0 Å². The van der Waals surface area contributed by atoms with Crippen LogP contribution in [0, 0.1) is 10.1 Å². The summed E-state index contributed by atoms with van der Waals surface area (Å²) in [5, 5.41) is 10.2. The summed E-state index contributed by atoms with van der Waals surface area (Å²) >= 11 is 0. The molecule has 0 aromatic heterocycles. The van der Waals surface area contributed by atoms with Crippen molar-refractivity contribution in [2.24, 2.45) is 0 Å². The van der Waals surface area contributed by atoms with E-state index in [-0.39, 0.29) is 11.3 Å². The number of esters is 1. The minimum Gasteiger partial charge on any atom is -0.430 e. The van der Waals surface area contributed by atoms with Crippen LogP contribution in [0.2, 0.25) is 0 Å². The lowest BCUT2D eigenvalue weighted by atomic mass is 10.2. The lowest BCUT2D eigenvalue weighted by Crippen LogP contribution is -2.03. The summed E-state index contributed by atoms with van der Waals surface area (Å²) in [5.41, 5.74) is -0.0601. The maximum absolute atomic E-state index is 11.6. The number of nitro benzene ring substituents is 1. The molecule has 6 heteroatoms. The number of ether oxygens (including phenoxy) is 1. The Kier molecular flexibility index (Phi) is 3.11. The molecule has 0 N–H and O–H groups in total. The van der Waals surface area contributed by atoms with Gasteiger partial charge in [-0.05, 0) is 12.1 Å². The summed E-state index contributed by atoms with van der Waals surface area (Å²) in [5.74, 6) is -0.845. The van der Waals surface area contributed by atoms with Gasteiger partial charge < -0.3 is 4.74 Å². The first-order valence-corrected chi connectivity index (χ1v) is 3.62. The SMILES string of the molecule is O=C(OCF)c1ccc([N+](=O)[O-])cc1. The monoisotopic (exact) mass is 199 g/mol. The zero-order chi connectivity index (χ0) is 10.6. The van der Waals surface area contributed by atoms with E-state index in [1.54, 1.807) is 0 Å². The largest absolute Gasteiger partial charge is 0.430 e. The first kappa shape index (κ1) is 10.1. The van der Waals surface area contributed by atoms with Crippen molar-refractivity contribution in [2.45, 2.75) is 0 Å². The number of carbonyl (C=O) groups excluding carboxylic acids is 1. The van der Waals surface area contributed by atoms with Crippen molar-refractivity contribution in [1.29, 1.82) is 0 Å². The van der Waals surface area contributed by atoms with Gasteiger partial charge in [0.1, 0.15) is 0 Å². The number of rotatable bonds is 3. The molecule has 1 aromatic rings. The van der Waals surface area contributed by atoms with Crippen molar-refractivity contribution in [3.05, 3.63) is 39.9 Å². The molecule has 0 saturated heterocycles. The van der Waals surface area contributed by atoms with Crippen molar-refractivity contribution in [2.75, 3.05) is 6.86 Å². The van der Waals surface area contributed by atoms with Crippen LogP contribution in [-0.2, 0) is 4.74 Å². The third kappa shape index (κ3) is 2.25. The van der Waals surface area contributed by atoms with E-state index < -0.39 is 17.8 Å². The number of benzene rings is 1. The molecule has 14 heavy (non-hydrogen) atoms. The zero-order valence-electron chi connectivity index (χ0n) is 6.97. The highest BCUT2D eigenvalue weighted by molar-refractivity contribution is 5.89. The molecule has 0 spiro atoms. The number of nitro groups is 1. The molecular formula is C8H6FNO4. The molecule has 0 fully saturated rings. The van der Waals surface area contributed by atoms with Gasteiger partial charge in [-0.1, -0.05) is 0 Å². The van der Waals surface area contributed by atoms with Gasteiger partial charge in [-0.15, -0.1) is 0 Å². The Morgan fingerprint density at radius 3 is 2.43 bits per heavy atom. The van der Waals surface area contributed by atoms with Crippen LogP contribution in [0.3, 0.4) is 0 Å². The minimum absolute atomic E-state index is 0.0771. The fourth-order valence-corrected chi connectivity index (χ4v) is 0.852. The summed E-state index contributed by atoms with van der Waals surface area (Å²) in [6.07, 6.45) is 0. The second kappa shape index (κ2) is 4.31. The number of halogens is 1. The quantitative estimate of drug-likeness (QED) is 0.422. The molecule has 5 nitrogen and oxygen atoms in total. The molecule has 74 valence electrons. The Balaban J connectivity index is 2.83. The van der Waals surface area contributed by atoms with E-state index in [4.69, 9.17) is 0 Å². The molecule has 1 rings (SSSR count). The van der Waals surface area contributed by atoms with Crippen LogP contribution in [0.1, 0.15) is 10.4 Å². The molecule has 0 aliphatic heterocycles. The Hall–Kier alpha value is -1.98. The molecule has 0 aliphatic rings. The van der Waals surface area contributed by atoms with E-state index in [0.29, 0.717) is 0 Å². The van der Waals surface area contributed by atoms with Crippen molar-refractivity contribution < 1.29 is 18.8 Å². The van der Waals surface area contributed by atoms with Gasteiger partial charge >= 0.3 is 5.97 Å². The number of alkyl halides is 1. The van der Waals surface area contributed by atoms with Gasteiger partial charge in [0.25, 0.3) is 5.69 Å². The normalized spacial score (nSPS) is 9.50. The van der Waals surface area contributed by atoms with Crippen LogP contribution < -0.4 is 0 Å². The van der Waals surface area contributed by atoms with Crippen LogP contribution in [0.4, 0.5) is 10.1 Å². The van der Waals surface area contributed by atoms with Gasteiger partial charge in [0.2, 0.25) is 6.86 Å². The Morgan fingerprint density at radius 1 is 1.43 bits per heavy atom. The fourth-order valence-electron chi connectivity index (χ4n) is 0.852. The van der Waals surface area contributed by atoms with E-state index in [2.05, 4.69) is 4.74 Å². The van der Waals surface area contributed by atoms with Gasteiger partial charge in [-0.3, -0.25) is 10.1 Å². The summed E-state index contributed by atoms with van der Waals surface area (Å²) in [6.45, 7) is -1.21. The highest BCUT2D eigenvalue weighted by Gasteiger charge is 2.09. The Labute approximate surface area is 78.3 Å². The molecule has 0 heterocycles. The predicted molar refractivity (Wildman–Crippen MR) is 44.5 cm³/mol. The van der Waals surface area contributed by atoms with E-state index in [9.17, 15) is 19.3 Å². The van der Waals surface area contributed by atoms with Crippen molar-refractivity contribution >= 4 is 11.7 Å². The molecule has 0 aliphatic carbocycles.